The summed E-state index contributed by atoms with van der Waals surface area (Å²) in [6, 6.07) is 7.14. The molecule has 2 rings (SSSR count). The Morgan fingerprint density at radius 3 is 2.32 bits per heavy atom. The van der Waals surface area contributed by atoms with Crippen LogP contribution in [0, 0.1) is 17.5 Å². The number of anilines is 1. The van der Waals surface area contributed by atoms with Crippen molar-refractivity contribution in [1.82, 2.24) is 4.31 Å². The highest BCUT2D eigenvalue weighted by atomic mass is 32.2. The van der Waals surface area contributed by atoms with E-state index in [9.17, 15) is 26.4 Å². The van der Waals surface area contributed by atoms with Gasteiger partial charge in [0.2, 0.25) is 15.9 Å². The molecule has 0 radical (unpaired) electrons. The molecular formula is C20H23F3N2O5S. The summed E-state index contributed by atoms with van der Waals surface area (Å²) in [4.78, 5) is 12.2. The fourth-order valence-corrected chi connectivity index (χ4v) is 4.09. The molecule has 0 aliphatic rings. The van der Waals surface area contributed by atoms with E-state index in [4.69, 9.17) is 9.47 Å². The van der Waals surface area contributed by atoms with E-state index in [1.165, 1.54) is 31.4 Å². The first-order valence-electron chi connectivity index (χ1n) is 9.36. The predicted molar refractivity (Wildman–Crippen MR) is 108 cm³/mol. The zero-order valence-corrected chi connectivity index (χ0v) is 17.8. The second-order valence-corrected chi connectivity index (χ2v) is 8.36. The minimum absolute atomic E-state index is 0.0160. The molecule has 1 amide bonds. The van der Waals surface area contributed by atoms with E-state index in [0.29, 0.717) is 31.5 Å². The lowest BCUT2D eigenvalue weighted by Crippen LogP contribution is -2.38. The molecule has 7 nitrogen and oxygen atoms in total. The number of ether oxygens (including phenoxy) is 2. The Hall–Kier alpha value is -2.63. The lowest BCUT2D eigenvalue weighted by Gasteiger charge is -2.21. The van der Waals surface area contributed by atoms with Crippen LogP contribution in [0.1, 0.15) is 13.3 Å². The standard InChI is InChI=1S/C20H23F3N2O5S/c1-3-10-25(13-18(26)24-17-9-8-16(21)19(22)20(17)23)31(27,28)15-6-4-14(5-7-15)30-12-11-29-2/h4-9H,3,10-13H2,1-2H3,(H,24,26). The number of carbonyl (C=O) groups is 1. The molecule has 0 saturated heterocycles. The van der Waals surface area contributed by atoms with Crippen molar-refractivity contribution in [1.29, 1.82) is 0 Å². The lowest BCUT2D eigenvalue weighted by molar-refractivity contribution is -0.116. The number of amides is 1. The molecule has 0 saturated carbocycles. The van der Waals surface area contributed by atoms with E-state index < -0.39 is 45.6 Å². The van der Waals surface area contributed by atoms with E-state index in [2.05, 4.69) is 5.32 Å². The normalized spacial score (nSPS) is 11.5. The molecule has 0 aromatic heterocycles. The summed E-state index contributed by atoms with van der Waals surface area (Å²) in [6.45, 7) is 1.77. The second kappa shape index (κ2) is 11.1. The fraction of sp³-hybridized carbons (Fsp3) is 0.350. The number of hydrogen-bond donors (Lipinski definition) is 1. The Labute approximate surface area is 178 Å². The van der Waals surface area contributed by atoms with Gasteiger partial charge in [-0.25, -0.2) is 21.6 Å². The third kappa shape index (κ3) is 6.42. The van der Waals surface area contributed by atoms with E-state index in [1.807, 2.05) is 0 Å². The maximum atomic E-state index is 13.8. The Balaban J connectivity index is 2.14. The summed E-state index contributed by atoms with van der Waals surface area (Å²) >= 11 is 0. The molecule has 0 bridgehead atoms. The molecule has 0 unspecified atom stereocenters. The van der Waals surface area contributed by atoms with Crippen LogP contribution in [0.2, 0.25) is 0 Å². The van der Waals surface area contributed by atoms with Crippen molar-refractivity contribution < 1.29 is 35.9 Å². The second-order valence-electron chi connectivity index (χ2n) is 6.42. The van der Waals surface area contributed by atoms with Gasteiger partial charge in [-0.05, 0) is 42.8 Å². The van der Waals surface area contributed by atoms with E-state index in [1.54, 1.807) is 6.92 Å². The maximum Gasteiger partial charge on any atom is 0.243 e. The van der Waals surface area contributed by atoms with Crippen molar-refractivity contribution in [3.63, 3.8) is 0 Å². The molecule has 0 heterocycles. The van der Waals surface area contributed by atoms with Crippen molar-refractivity contribution in [2.45, 2.75) is 18.2 Å². The number of halogens is 3. The molecule has 0 fully saturated rings. The van der Waals surface area contributed by atoms with Crippen LogP contribution in [0.3, 0.4) is 0 Å². The van der Waals surface area contributed by atoms with Gasteiger partial charge in [-0.1, -0.05) is 6.92 Å². The highest BCUT2D eigenvalue weighted by molar-refractivity contribution is 7.89. The number of hydrogen-bond acceptors (Lipinski definition) is 5. The first kappa shape index (κ1) is 24.6. The fourth-order valence-electron chi connectivity index (χ4n) is 2.61. The molecule has 31 heavy (non-hydrogen) atoms. The molecule has 1 N–H and O–H groups in total. The number of carbonyl (C=O) groups excluding carboxylic acids is 1. The van der Waals surface area contributed by atoms with Gasteiger partial charge in [0, 0.05) is 13.7 Å². The van der Waals surface area contributed by atoms with Crippen LogP contribution < -0.4 is 10.1 Å². The summed E-state index contributed by atoms with van der Waals surface area (Å²) in [7, 11) is -2.53. The van der Waals surface area contributed by atoms with Crippen molar-refractivity contribution in [3.8, 4) is 5.75 Å². The largest absolute Gasteiger partial charge is 0.491 e. The van der Waals surface area contributed by atoms with Crippen LogP contribution in [0.15, 0.2) is 41.3 Å². The van der Waals surface area contributed by atoms with Crippen molar-refractivity contribution in [2.24, 2.45) is 0 Å². The third-order valence-corrected chi connectivity index (χ3v) is 5.98. The Kier molecular flexibility index (Phi) is 8.84. The predicted octanol–water partition coefficient (Wildman–Crippen LogP) is 3.17. The summed E-state index contributed by atoms with van der Waals surface area (Å²) in [5.74, 6) is -5.16. The molecule has 0 aliphatic heterocycles. The van der Waals surface area contributed by atoms with Gasteiger partial charge in [-0.3, -0.25) is 4.79 Å². The van der Waals surface area contributed by atoms with Gasteiger partial charge in [-0.15, -0.1) is 0 Å². The van der Waals surface area contributed by atoms with Crippen molar-refractivity contribution in [2.75, 3.05) is 38.7 Å². The van der Waals surface area contributed by atoms with Crippen LogP contribution in [-0.2, 0) is 19.6 Å². The SMILES string of the molecule is CCCN(CC(=O)Nc1ccc(F)c(F)c1F)S(=O)(=O)c1ccc(OCCOC)cc1. The van der Waals surface area contributed by atoms with E-state index >= 15 is 0 Å². The minimum atomic E-state index is -4.05. The molecule has 2 aromatic carbocycles. The molecule has 170 valence electrons. The summed E-state index contributed by atoms with van der Waals surface area (Å²) in [5.41, 5.74) is -0.588. The van der Waals surface area contributed by atoms with Crippen LogP contribution in [0.4, 0.5) is 18.9 Å². The van der Waals surface area contributed by atoms with Crippen LogP contribution >= 0.6 is 0 Å². The Morgan fingerprint density at radius 1 is 1.03 bits per heavy atom. The van der Waals surface area contributed by atoms with Gasteiger partial charge in [0.25, 0.3) is 0 Å². The van der Waals surface area contributed by atoms with Crippen LogP contribution in [0.25, 0.3) is 0 Å². The van der Waals surface area contributed by atoms with Gasteiger partial charge < -0.3 is 14.8 Å². The minimum Gasteiger partial charge on any atom is -0.491 e. The topological polar surface area (TPSA) is 84.9 Å². The van der Waals surface area contributed by atoms with Gasteiger partial charge in [0.05, 0.1) is 23.7 Å². The smallest absolute Gasteiger partial charge is 0.243 e. The number of methoxy groups -OCH3 is 1. The first-order valence-corrected chi connectivity index (χ1v) is 10.8. The number of sulfonamides is 1. The number of benzene rings is 2. The number of nitrogens with zero attached hydrogens (tertiary/aromatic N) is 1. The molecule has 0 spiro atoms. The monoisotopic (exact) mass is 460 g/mol. The van der Waals surface area contributed by atoms with Crippen molar-refractivity contribution in [3.05, 3.63) is 53.8 Å². The summed E-state index contributed by atoms with van der Waals surface area (Å²) in [6.07, 6.45) is 0.407. The Bertz CT molecular complexity index is 1000. The maximum absolute atomic E-state index is 13.8. The van der Waals surface area contributed by atoms with E-state index in [0.717, 1.165) is 10.4 Å². The number of nitrogens with one attached hydrogen (secondary N) is 1. The van der Waals surface area contributed by atoms with Gasteiger partial charge in [0.1, 0.15) is 12.4 Å². The zero-order valence-electron chi connectivity index (χ0n) is 17.0. The molecule has 11 heteroatoms. The summed E-state index contributed by atoms with van der Waals surface area (Å²) < 4.78 is 77.2. The zero-order chi connectivity index (χ0) is 23.0. The van der Waals surface area contributed by atoms with Gasteiger partial charge in [0.15, 0.2) is 17.5 Å². The Morgan fingerprint density at radius 2 is 1.71 bits per heavy atom. The molecule has 2 aromatic rings. The summed E-state index contributed by atoms with van der Waals surface area (Å²) in [5, 5.41) is 2.07. The third-order valence-electron chi connectivity index (χ3n) is 4.12. The quantitative estimate of drug-likeness (QED) is 0.411. The number of rotatable bonds is 11. The van der Waals surface area contributed by atoms with Gasteiger partial charge in [-0.2, -0.15) is 4.31 Å². The molecule has 0 atom stereocenters. The van der Waals surface area contributed by atoms with Crippen LogP contribution in [0.5, 0.6) is 5.75 Å². The lowest BCUT2D eigenvalue weighted by atomic mass is 10.2. The van der Waals surface area contributed by atoms with Crippen LogP contribution in [-0.4, -0.2) is 52.0 Å². The highest BCUT2D eigenvalue weighted by Crippen LogP contribution is 2.22. The highest BCUT2D eigenvalue weighted by Gasteiger charge is 2.26. The van der Waals surface area contributed by atoms with Crippen molar-refractivity contribution >= 4 is 21.6 Å². The average Bonchev–Trinajstić information content (AvgIpc) is 2.74. The van der Waals surface area contributed by atoms with E-state index in [-0.39, 0.29) is 11.4 Å². The average molecular weight is 460 g/mol. The molecule has 0 aliphatic carbocycles. The van der Waals surface area contributed by atoms with Gasteiger partial charge >= 0.3 is 0 Å². The molecular weight excluding hydrogens is 437 g/mol. The first-order chi connectivity index (χ1) is 14.7.